The van der Waals surface area contributed by atoms with Crippen molar-refractivity contribution in [2.45, 2.75) is 6.61 Å². The van der Waals surface area contributed by atoms with Crippen molar-refractivity contribution in [3.05, 3.63) is 53.4 Å². The average molecular weight is 347 g/mol. The Morgan fingerprint density at radius 3 is 2.67 bits per heavy atom. The number of piperazine rings is 1. The lowest BCUT2D eigenvalue weighted by Gasteiger charge is -2.35. The third-order valence-corrected chi connectivity index (χ3v) is 4.32. The molecule has 1 fully saturated rings. The molecule has 0 saturated carbocycles. The molecule has 1 aliphatic rings. The molecule has 1 saturated heterocycles. The second-order valence-corrected chi connectivity index (χ2v) is 5.92. The van der Waals surface area contributed by atoms with E-state index in [1.165, 1.54) is 0 Å². The number of anilines is 1. The molecule has 7 heteroatoms. The van der Waals surface area contributed by atoms with Crippen LogP contribution in [0.25, 0.3) is 0 Å². The van der Waals surface area contributed by atoms with Gasteiger partial charge in [0.25, 0.3) is 0 Å². The summed E-state index contributed by atoms with van der Waals surface area (Å²) in [5.74, 6) is 0.848. The minimum atomic E-state index is 0.000787. The molecule has 0 N–H and O–H groups in total. The Labute approximate surface area is 146 Å². The summed E-state index contributed by atoms with van der Waals surface area (Å²) in [6.07, 6.45) is 5.07. The molecule has 1 aromatic heterocycles. The van der Waals surface area contributed by atoms with E-state index in [1.54, 1.807) is 18.6 Å². The average Bonchev–Trinajstić information content (AvgIpc) is 2.64. The SMILES string of the molecule is O=C(COCc1ccccc1Cl)N1CCN(c2cnccn2)CC1. The maximum Gasteiger partial charge on any atom is 0.248 e. The number of aromatic nitrogens is 2. The van der Waals surface area contributed by atoms with Crippen LogP contribution in [-0.2, 0) is 16.1 Å². The molecule has 126 valence electrons. The Hall–Kier alpha value is -2.18. The fraction of sp³-hybridized carbons (Fsp3) is 0.353. The molecule has 0 spiro atoms. The fourth-order valence-electron chi connectivity index (χ4n) is 2.59. The van der Waals surface area contributed by atoms with Crippen LogP contribution in [0.15, 0.2) is 42.9 Å². The minimum absolute atomic E-state index is 0.000787. The van der Waals surface area contributed by atoms with Crippen LogP contribution in [0.2, 0.25) is 5.02 Å². The first kappa shape index (κ1) is 16.7. The predicted octanol–water partition coefficient (Wildman–Crippen LogP) is 2.00. The summed E-state index contributed by atoms with van der Waals surface area (Å²) >= 11 is 6.07. The Kier molecular flexibility index (Phi) is 5.61. The molecule has 1 aromatic carbocycles. The molecule has 1 aliphatic heterocycles. The van der Waals surface area contributed by atoms with Crippen molar-refractivity contribution in [1.29, 1.82) is 0 Å². The highest BCUT2D eigenvalue weighted by atomic mass is 35.5. The summed E-state index contributed by atoms with van der Waals surface area (Å²) in [4.78, 5) is 24.5. The largest absolute Gasteiger partial charge is 0.367 e. The predicted molar refractivity (Wildman–Crippen MR) is 91.9 cm³/mol. The Morgan fingerprint density at radius 1 is 1.17 bits per heavy atom. The zero-order chi connectivity index (χ0) is 16.8. The Balaban J connectivity index is 1.43. The van der Waals surface area contributed by atoms with Crippen molar-refractivity contribution in [2.75, 3.05) is 37.7 Å². The number of carbonyl (C=O) groups is 1. The van der Waals surface area contributed by atoms with E-state index in [4.69, 9.17) is 16.3 Å². The van der Waals surface area contributed by atoms with Gasteiger partial charge in [-0.3, -0.25) is 9.78 Å². The monoisotopic (exact) mass is 346 g/mol. The lowest BCUT2D eigenvalue weighted by atomic mass is 10.2. The Bertz CT molecular complexity index is 675. The maximum absolute atomic E-state index is 12.2. The van der Waals surface area contributed by atoms with Gasteiger partial charge >= 0.3 is 0 Å². The van der Waals surface area contributed by atoms with Gasteiger partial charge in [-0.2, -0.15) is 0 Å². The van der Waals surface area contributed by atoms with Crippen LogP contribution in [0.1, 0.15) is 5.56 Å². The van der Waals surface area contributed by atoms with E-state index in [0.29, 0.717) is 24.7 Å². The summed E-state index contributed by atoms with van der Waals surface area (Å²) in [6, 6.07) is 7.48. The first-order chi connectivity index (χ1) is 11.7. The number of benzene rings is 1. The van der Waals surface area contributed by atoms with Gasteiger partial charge in [-0.25, -0.2) is 4.98 Å². The fourth-order valence-corrected chi connectivity index (χ4v) is 2.78. The number of rotatable bonds is 5. The van der Waals surface area contributed by atoms with Crippen molar-refractivity contribution in [3.8, 4) is 0 Å². The number of carbonyl (C=O) groups excluding carboxylic acids is 1. The number of ether oxygens (including phenoxy) is 1. The summed E-state index contributed by atoms with van der Waals surface area (Å²) in [5.41, 5.74) is 0.888. The lowest BCUT2D eigenvalue weighted by Crippen LogP contribution is -2.50. The molecule has 6 nitrogen and oxygen atoms in total. The van der Waals surface area contributed by atoms with Crippen molar-refractivity contribution in [2.24, 2.45) is 0 Å². The summed E-state index contributed by atoms with van der Waals surface area (Å²) < 4.78 is 5.52. The number of nitrogens with zero attached hydrogens (tertiary/aromatic N) is 4. The van der Waals surface area contributed by atoms with E-state index >= 15 is 0 Å². The van der Waals surface area contributed by atoms with Crippen LogP contribution in [0.3, 0.4) is 0 Å². The molecule has 0 radical (unpaired) electrons. The van der Waals surface area contributed by atoms with Crippen LogP contribution in [0.4, 0.5) is 5.82 Å². The Morgan fingerprint density at radius 2 is 1.96 bits per heavy atom. The van der Waals surface area contributed by atoms with Gasteiger partial charge < -0.3 is 14.5 Å². The zero-order valence-corrected chi connectivity index (χ0v) is 14.0. The van der Waals surface area contributed by atoms with E-state index in [-0.39, 0.29) is 12.5 Å². The van der Waals surface area contributed by atoms with Crippen LogP contribution in [-0.4, -0.2) is 53.6 Å². The van der Waals surface area contributed by atoms with Crippen LogP contribution < -0.4 is 4.90 Å². The molecule has 0 bridgehead atoms. The molecule has 3 rings (SSSR count). The van der Waals surface area contributed by atoms with Crippen molar-refractivity contribution >= 4 is 23.3 Å². The number of hydrogen-bond acceptors (Lipinski definition) is 5. The number of amides is 1. The molecule has 2 heterocycles. The van der Waals surface area contributed by atoms with Crippen molar-refractivity contribution in [3.63, 3.8) is 0 Å². The van der Waals surface area contributed by atoms with Crippen LogP contribution in [0.5, 0.6) is 0 Å². The van der Waals surface area contributed by atoms with E-state index in [1.807, 2.05) is 29.2 Å². The highest BCUT2D eigenvalue weighted by molar-refractivity contribution is 6.31. The molecule has 0 unspecified atom stereocenters. The van der Waals surface area contributed by atoms with Gasteiger partial charge in [-0.05, 0) is 11.6 Å². The van der Waals surface area contributed by atoms with E-state index in [9.17, 15) is 4.79 Å². The number of hydrogen-bond donors (Lipinski definition) is 0. The van der Waals surface area contributed by atoms with Gasteiger partial charge in [-0.15, -0.1) is 0 Å². The lowest BCUT2D eigenvalue weighted by molar-refractivity contribution is -0.136. The van der Waals surface area contributed by atoms with E-state index < -0.39 is 0 Å². The van der Waals surface area contributed by atoms with Gasteiger partial charge in [0.2, 0.25) is 5.91 Å². The van der Waals surface area contributed by atoms with Crippen LogP contribution in [0, 0.1) is 0 Å². The third-order valence-electron chi connectivity index (χ3n) is 3.95. The summed E-state index contributed by atoms with van der Waals surface area (Å²) in [5, 5.41) is 0.655. The van der Waals surface area contributed by atoms with Gasteiger partial charge in [0.1, 0.15) is 12.4 Å². The molecule has 2 aromatic rings. The maximum atomic E-state index is 12.2. The standard InChI is InChI=1S/C17H19ClN4O2/c18-15-4-2-1-3-14(15)12-24-13-17(23)22-9-7-21(8-10-22)16-11-19-5-6-20-16/h1-6,11H,7-10,12-13H2. The second kappa shape index (κ2) is 8.08. The molecular formula is C17H19ClN4O2. The smallest absolute Gasteiger partial charge is 0.248 e. The van der Waals surface area contributed by atoms with E-state index in [2.05, 4.69) is 14.9 Å². The molecule has 1 amide bonds. The topological polar surface area (TPSA) is 58.6 Å². The van der Waals surface area contributed by atoms with Crippen molar-refractivity contribution in [1.82, 2.24) is 14.9 Å². The van der Waals surface area contributed by atoms with Gasteiger partial charge in [-0.1, -0.05) is 29.8 Å². The van der Waals surface area contributed by atoms with Gasteiger partial charge in [0, 0.05) is 43.6 Å². The third kappa shape index (κ3) is 4.21. The molecular weight excluding hydrogens is 328 g/mol. The number of halogens is 1. The highest BCUT2D eigenvalue weighted by Crippen LogP contribution is 2.16. The quantitative estimate of drug-likeness (QED) is 0.828. The first-order valence-corrected chi connectivity index (χ1v) is 8.22. The van der Waals surface area contributed by atoms with E-state index in [0.717, 1.165) is 24.5 Å². The second-order valence-electron chi connectivity index (χ2n) is 5.52. The molecule has 0 aliphatic carbocycles. The summed E-state index contributed by atoms with van der Waals surface area (Å²) in [7, 11) is 0. The highest BCUT2D eigenvalue weighted by Gasteiger charge is 2.21. The van der Waals surface area contributed by atoms with Gasteiger partial charge in [0.15, 0.2) is 0 Å². The van der Waals surface area contributed by atoms with Crippen LogP contribution >= 0.6 is 11.6 Å². The minimum Gasteiger partial charge on any atom is -0.367 e. The first-order valence-electron chi connectivity index (χ1n) is 7.84. The zero-order valence-electron chi connectivity index (χ0n) is 13.3. The summed E-state index contributed by atoms with van der Waals surface area (Å²) in [6.45, 7) is 3.21. The van der Waals surface area contributed by atoms with Gasteiger partial charge in [0.05, 0.1) is 12.8 Å². The molecule has 24 heavy (non-hydrogen) atoms. The normalized spacial score (nSPS) is 14.7. The molecule has 0 atom stereocenters. The van der Waals surface area contributed by atoms with Crippen molar-refractivity contribution < 1.29 is 9.53 Å².